The van der Waals surface area contributed by atoms with Gasteiger partial charge in [-0.15, -0.1) is 0 Å². The van der Waals surface area contributed by atoms with E-state index < -0.39 is 8.32 Å². The molecule has 1 aliphatic carbocycles. The van der Waals surface area contributed by atoms with Crippen molar-refractivity contribution in [2.45, 2.75) is 90.0 Å². The van der Waals surface area contributed by atoms with Crippen molar-refractivity contribution in [1.82, 2.24) is 4.98 Å². The van der Waals surface area contributed by atoms with Crippen LogP contribution >= 0.6 is 0 Å². The van der Waals surface area contributed by atoms with E-state index in [0.29, 0.717) is 22.5 Å². The number of fused-ring (bicyclic) bond motifs is 1. The number of nitrogens with one attached hydrogen (secondary N) is 1. The number of pyridine rings is 1. The minimum Gasteiger partial charge on any atom is -0.408 e. The molecule has 2 rings (SSSR count). The number of H-pyrrole nitrogens is 1. The van der Waals surface area contributed by atoms with Gasteiger partial charge in [-0.1, -0.05) is 48.5 Å². The summed E-state index contributed by atoms with van der Waals surface area (Å²) in [6.45, 7) is 16.0. The molecule has 4 heteroatoms. The monoisotopic (exact) mass is 335 g/mol. The van der Waals surface area contributed by atoms with Gasteiger partial charge in [0.15, 0.2) is 5.43 Å². The maximum atomic E-state index is 12.3. The van der Waals surface area contributed by atoms with Crippen molar-refractivity contribution in [1.29, 1.82) is 0 Å². The molecule has 0 saturated carbocycles. The van der Waals surface area contributed by atoms with E-state index in [1.165, 1.54) is 0 Å². The highest BCUT2D eigenvalue weighted by Crippen LogP contribution is 2.47. The smallest absolute Gasteiger partial charge is 0.201 e. The number of rotatable bonds is 5. The Morgan fingerprint density at radius 3 is 2.17 bits per heavy atom. The lowest BCUT2D eigenvalue weighted by Crippen LogP contribution is -2.49. The number of hydrogen-bond donors (Lipinski definition) is 1. The Kier molecular flexibility index (Phi) is 5.57. The molecular weight excluding hydrogens is 302 g/mol. The van der Waals surface area contributed by atoms with Crippen molar-refractivity contribution in [2.24, 2.45) is 0 Å². The lowest BCUT2D eigenvalue weighted by Gasteiger charge is -2.46. The average Bonchev–Trinajstić information content (AvgIpc) is 2.45. The second-order valence-electron chi connectivity index (χ2n) is 8.07. The molecule has 2 atom stereocenters. The lowest BCUT2D eigenvalue weighted by atomic mass is 9.85. The van der Waals surface area contributed by atoms with Gasteiger partial charge in [0, 0.05) is 17.8 Å². The van der Waals surface area contributed by atoms with Gasteiger partial charge in [0.25, 0.3) is 0 Å². The van der Waals surface area contributed by atoms with Crippen molar-refractivity contribution < 1.29 is 4.43 Å². The standard InChI is InChI=1S/C19H33NO2Si/c1-12(2)23(13(3)4,14(5)6)22-17-9-8-15(7)18-16(21)10-11-20-19(17)18/h10-15,17H,8-9H2,1-7H3,(H,20,21)/t15-,17+/m1/s1. The van der Waals surface area contributed by atoms with E-state index in [0.717, 1.165) is 24.1 Å². The van der Waals surface area contributed by atoms with Crippen LogP contribution in [0.15, 0.2) is 17.1 Å². The molecule has 3 nitrogen and oxygen atoms in total. The Labute approximate surface area is 142 Å². The second-order valence-corrected chi connectivity index (χ2v) is 13.5. The van der Waals surface area contributed by atoms with E-state index in [-0.39, 0.29) is 11.5 Å². The molecule has 0 spiro atoms. The molecule has 0 aliphatic heterocycles. The van der Waals surface area contributed by atoms with E-state index in [2.05, 4.69) is 53.5 Å². The van der Waals surface area contributed by atoms with Crippen molar-refractivity contribution in [3.63, 3.8) is 0 Å². The molecule has 0 radical (unpaired) electrons. The van der Waals surface area contributed by atoms with E-state index in [1.807, 2.05) is 0 Å². The first-order chi connectivity index (χ1) is 10.7. The van der Waals surface area contributed by atoms with Crippen LogP contribution in [0, 0.1) is 0 Å². The van der Waals surface area contributed by atoms with Crippen LogP contribution in [0.2, 0.25) is 16.6 Å². The van der Waals surface area contributed by atoms with Crippen LogP contribution in [0.4, 0.5) is 0 Å². The highest BCUT2D eigenvalue weighted by molar-refractivity contribution is 6.77. The maximum absolute atomic E-state index is 12.3. The normalized spacial score (nSPS) is 22.0. The molecule has 130 valence electrons. The molecule has 23 heavy (non-hydrogen) atoms. The summed E-state index contributed by atoms with van der Waals surface area (Å²) < 4.78 is 6.96. The van der Waals surface area contributed by atoms with Gasteiger partial charge in [-0.05, 0) is 35.4 Å². The molecule has 0 amide bonds. The van der Waals surface area contributed by atoms with Crippen LogP contribution in [0.25, 0.3) is 0 Å². The summed E-state index contributed by atoms with van der Waals surface area (Å²) in [5.41, 5.74) is 3.81. The van der Waals surface area contributed by atoms with Crippen LogP contribution in [-0.2, 0) is 4.43 Å². The zero-order valence-corrected chi connectivity index (χ0v) is 16.8. The van der Waals surface area contributed by atoms with Crippen LogP contribution in [0.1, 0.15) is 84.6 Å². The highest BCUT2D eigenvalue weighted by Gasteiger charge is 2.47. The molecule has 1 heterocycles. The zero-order valence-electron chi connectivity index (χ0n) is 15.8. The van der Waals surface area contributed by atoms with E-state index in [1.54, 1.807) is 12.3 Å². The fourth-order valence-electron chi connectivity index (χ4n) is 4.74. The molecule has 0 aromatic carbocycles. The predicted octanol–water partition coefficient (Wildman–Crippen LogP) is 5.51. The van der Waals surface area contributed by atoms with Crippen LogP contribution in [0.5, 0.6) is 0 Å². The minimum atomic E-state index is -1.94. The predicted molar refractivity (Wildman–Crippen MR) is 99.6 cm³/mol. The number of aromatic amines is 1. The molecule has 1 aliphatic rings. The van der Waals surface area contributed by atoms with Gasteiger partial charge in [-0.25, -0.2) is 0 Å². The SMILES string of the molecule is CC(C)[Si](O[C@H]1CC[C@@H](C)c2c1[nH]ccc2=O)(C(C)C)C(C)C. The minimum absolute atomic E-state index is 0.0500. The molecule has 1 N–H and O–H groups in total. The summed E-state index contributed by atoms with van der Waals surface area (Å²) in [6.07, 6.45) is 3.87. The van der Waals surface area contributed by atoms with E-state index in [4.69, 9.17) is 4.43 Å². The fourth-order valence-corrected chi connectivity index (χ4v) is 10.3. The third kappa shape index (κ3) is 3.20. The Hall–Kier alpha value is -0.873. The Morgan fingerprint density at radius 2 is 1.65 bits per heavy atom. The molecular formula is C19H33NO2Si. The largest absolute Gasteiger partial charge is 0.408 e. The summed E-state index contributed by atoms with van der Waals surface area (Å²) in [6, 6.07) is 1.65. The van der Waals surface area contributed by atoms with Crippen LogP contribution < -0.4 is 5.43 Å². The first kappa shape index (κ1) is 18.5. The Bertz CT molecular complexity index is 570. The van der Waals surface area contributed by atoms with Gasteiger partial charge in [-0.3, -0.25) is 4.79 Å². The summed E-state index contributed by atoms with van der Waals surface area (Å²) >= 11 is 0. The van der Waals surface area contributed by atoms with Gasteiger partial charge < -0.3 is 9.41 Å². The van der Waals surface area contributed by atoms with Crippen molar-refractivity contribution in [3.8, 4) is 0 Å². The summed E-state index contributed by atoms with van der Waals surface area (Å²) in [5, 5.41) is 0. The van der Waals surface area contributed by atoms with Gasteiger partial charge in [0.05, 0.1) is 11.8 Å². The van der Waals surface area contributed by atoms with Gasteiger partial charge in [0.2, 0.25) is 8.32 Å². The van der Waals surface area contributed by atoms with Crippen molar-refractivity contribution in [2.75, 3.05) is 0 Å². The number of hydrogen-bond acceptors (Lipinski definition) is 2. The second kappa shape index (κ2) is 6.94. The molecule has 1 aromatic heterocycles. The highest BCUT2D eigenvalue weighted by atomic mass is 28.4. The van der Waals surface area contributed by atoms with Crippen molar-refractivity contribution >= 4 is 8.32 Å². The lowest BCUT2D eigenvalue weighted by molar-refractivity contribution is 0.147. The van der Waals surface area contributed by atoms with Crippen molar-refractivity contribution in [3.05, 3.63) is 33.7 Å². The van der Waals surface area contributed by atoms with Crippen LogP contribution in [-0.4, -0.2) is 13.3 Å². The average molecular weight is 336 g/mol. The van der Waals surface area contributed by atoms with Gasteiger partial charge in [0.1, 0.15) is 0 Å². The molecule has 1 aromatic rings. The summed E-state index contributed by atoms with van der Waals surface area (Å²) in [7, 11) is -1.94. The fraction of sp³-hybridized carbons (Fsp3) is 0.737. The third-order valence-electron chi connectivity index (χ3n) is 5.76. The molecule has 0 unspecified atom stereocenters. The first-order valence-electron chi connectivity index (χ1n) is 9.11. The molecule has 0 bridgehead atoms. The number of aromatic nitrogens is 1. The molecule has 0 saturated heterocycles. The zero-order chi connectivity index (χ0) is 17.4. The van der Waals surface area contributed by atoms with Crippen LogP contribution in [0.3, 0.4) is 0 Å². The quantitative estimate of drug-likeness (QED) is 0.721. The van der Waals surface area contributed by atoms with Gasteiger partial charge in [-0.2, -0.15) is 0 Å². The van der Waals surface area contributed by atoms with E-state index >= 15 is 0 Å². The topological polar surface area (TPSA) is 42.1 Å². The Morgan fingerprint density at radius 1 is 1.09 bits per heavy atom. The van der Waals surface area contributed by atoms with Gasteiger partial charge >= 0.3 is 0 Å². The Balaban J connectivity index is 2.46. The molecule has 0 fully saturated rings. The first-order valence-corrected chi connectivity index (χ1v) is 11.2. The maximum Gasteiger partial charge on any atom is 0.201 e. The third-order valence-corrected chi connectivity index (χ3v) is 11.9. The van der Waals surface area contributed by atoms with E-state index in [9.17, 15) is 4.79 Å². The summed E-state index contributed by atoms with van der Waals surface area (Å²) in [5.74, 6) is 0.322. The summed E-state index contributed by atoms with van der Waals surface area (Å²) in [4.78, 5) is 15.7.